The van der Waals surface area contributed by atoms with Crippen molar-refractivity contribution in [2.24, 2.45) is 0 Å². The molecule has 28 heavy (non-hydrogen) atoms. The summed E-state index contributed by atoms with van der Waals surface area (Å²) >= 11 is 12.2. The molecule has 5 nitrogen and oxygen atoms in total. The Bertz CT molecular complexity index is 893. The van der Waals surface area contributed by atoms with Crippen molar-refractivity contribution in [1.82, 2.24) is 4.90 Å². The molecule has 0 radical (unpaired) electrons. The molecule has 1 N–H and O–H groups in total. The number of nitro groups is 1. The van der Waals surface area contributed by atoms with Crippen LogP contribution < -0.4 is 5.32 Å². The standard InChI is InChI=1S/C21H23Cl2N3O2/c1-14(2)7-8-25-13-16-10-18(23)11-20(26(27)28)21(16)24-12-19(25)9-15-3-5-17(22)6-4-15/h3-7,10-11,19,24H,8-9,12-13H2,1-2H3. The van der Waals surface area contributed by atoms with E-state index < -0.39 is 0 Å². The Labute approximate surface area is 175 Å². The Morgan fingerprint density at radius 1 is 1.25 bits per heavy atom. The molecule has 1 heterocycles. The van der Waals surface area contributed by atoms with Gasteiger partial charge in [-0.1, -0.05) is 47.0 Å². The summed E-state index contributed by atoms with van der Waals surface area (Å²) in [5, 5.41) is 15.9. The summed E-state index contributed by atoms with van der Waals surface area (Å²) in [6.45, 7) is 6.10. The molecule has 1 atom stereocenters. The van der Waals surface area contributed by atoms with Gasteiger partial charge in [0.25, 0.3) is 5.69 Å². The zero-order valence-corrected chi connectivity index (χ0v) is 17.4. The SMILES string of the molecule is CC(C)=CCN1Cc2cc(Cl)cc([N+](=O)[O-])c2NCC1Cc1ccc(Cl)cc1. The fourth-order valence-electron chi connectivity index (χ4n) is 3.42. The van der Waals surface area contributed by atoms with Gasteiger partial charge in [0.1, 0.15) is 5.69 Å². The van der Waals surface area contributed by atoms with Crippen molar-refractivity contribution in [1.29, 1.82) is 0 Å². The zero-order valence-electron chi connectivity index (χ0n) is 15.9. The van der Waals surface area contributed by atoms with Crippen LogP contribution in [0.2, 0.25) is 10.0 Å². The van der Waals surface area contributed by atoms with Crippen molar-refractivity contribution < 1.29 is 4.92 Å². The third-order valence-corrected chi connectivity index (χ3v) is 5.35. The van der Waals surface area contributed by atoms with Crippen molar-refractivity contribution in [3.63, 3.8) is 0 Å². The highest BCUT2D eigenvalue weighted by atomic mass is 35.5. The molecule has 2 aromatic carbocycles. The van der Waals surface area contributed by atoms with E-state index in [-0.39, 0.29) is 16.7 Å². The average molecular weight is 420 g/mol. The summed E-state index contributed by atoms with van der Waals surface area (Å²) in [6, 6.07) is 11.2. The molecule has 0 fully saturated rings. The van der Waals surface area contributed by atoms with Crippen LogP contribution in [0.5, 0.6) is 0 Å². The Morgan fingerprint density at radius 3 is 2.61 bits per heavy atom. The molecule has 0 bridgehead atoms. The number of nitrogens with zero attached hydrogens (tertiary/aromatic N) is 2. The maximum absolute atomic E-state index is 11.5. The number of anilines is 1. The molecule has 2 aromatic rings. The molecule has 1 aliphatic rings. The predicted molar refractivity (Wildman–Crippen MR) is 115 cm³/mol. The van der Waals surface area contributed by atoms with Gasteiger partial charge in [-0.25, -0.2) is 0 Å². The number of allylic oxidation sites excluding steroid dienone is 1. The van der Waals surface area contributed by atoms with Crippen LogP contribution in [-0.2, 0) is 13.0 Å². The molecular formula is C21H23Cl2N3O2. The predicted octanol–water partition coefficient (Wildman–Crippen LogP) is 5.71. The molecular weight excluding hydrogens is 397 g/mol. The number of nitrogens with one attached hydrogen (secondary N) is 1. The fourth-order valence-corrected chi connectivity index (χ4v) is 3.79. The topological polar surface area (TPSA) is 58.4 Å². The number of rotatable bonds is 5. The highest BCUT2D eigenvalue weighted by molar-refractivity contribution is 6.31. The van der Waals surface area contributed by atoms with Crippen molar-refractivity contribution in [3.8, 4) is 0 Å². The Hall–Kier alpha value is -2.08. The number of benzene rings is 2. The summed E-state index contributed by atoms with van der Waals surface area (Å²) in [4.78, 5) is 13.5. The third kappa shape index (κ3) is 5.04. The van der Waals surface area contributed by atoms with E-state index in [4.69, 9.17) is 23.2 Å². The lowest BCUT2D eigenvalue weighted by molar-refractivity contribution is -0.384. The zero-order chi connectivity index (χ0) is 20.3. The van der Waals surface area contributed by atoms with Gasteiger partial charge in [-0.15, -0.1) is 0 Å². The van der Waals surface area contributed by atoms with Crippen LogP contribution in [0.1, 0.15) is 25.0 Å². The molecule has 1 unspecified atom stereocenters. The first-order valence-electron chi connectivity index (χ1n) is 9.16. The number of hydrogen-bond acceptors (Lipinski definition) is 4. The maximum atomic E-state index is 11.5. The van der Waals surface area contributed by atoms with Gasteiger partial charge in [-0.05, 0) is 49.6 Å². The lowest BCUT2D eigenvalue weighted by Crippen LogP contribution is -2.39. The molecule has 0 aliphatic carbocycles. The van der Waals surface area contributed by atoms with Crippen molar-refractivity contribution in [2.45, 2.75) is 32.9 Å². The van der Waals surface area contributed by atoms with E-state index in [1.807, 2.05) is 30.3 Å². The second kappa shape index (κ2) is 8.95. The Morgan fingerprint density at radius 2 is 1.96 bits per heavy atom. The molecule has 0 aromatic heterocycles. The fraction of sp³-hybridized carbons (Fsp3) is 0.333. The van der Waals surface area contributed by atoms with Crippen LogP contribution in [-0.4, -0.2) is 29.0 Å². The minimum Gasteiger partial charge on any atom is -0.378 e. The van der Waals surface area contributed by atoms with Crippen molar-refractivity contribution in [3.05, 3.63) is 79.3 Å². The Kier molecular flexibility index (Phi) is 6.60. The van der Waals surface area contributed by atoms with E-state index in [2.05, 4.69) is 30.1 Å². The molecule has 148 valence electrons. The van der Waals surface area contributed by atoms with E-state index in [1.165, 1.54) is 17.2 Å². The van der Waals surface area contributed by atoms with E-state index >= 15 is 0 Å². The number of nitro benzene ring substituents is 1. The first kappa shape index (κ1) is 20.6. The molecule has 0 spiro atoms. The number of halogens is 2. The lowest BCUT2D eigenvalue weighted by atomic mass is 10.0. The van der Waals surface area contributed by atoms with Crippen LogP contribution >= 0.6 is 23.2 Å². The van der Waals surface area contributed by atoms with Gasteiger partial charge in [0.15, 0.2) is 0 Å². The summed E-state index contributed by atoms with van der Waals surface area (Å²) in [5.41, 5.74) is 3.85. The number of hydrogen-bond donors (Lipinski definition) is 1. The van der Waals surface area contributed by atoms with E-state index in [9.17, 15) is 10.1 Å². The summed E-state index contributed by atoms with van der Waals surface area (Å²) < 4.78 is 0. The van der Waals surface area contributed by atoms with E-state index in [0.717, 1.165) is 18.5 Å². The van der Waals surface area contributed by atoms with Gasteiger partial charge in [-0.3, -0.25) is 15.0 Å². The van der Waals surface area contributed by atoms with Gasteiger partial charge in [0, 0.05) is 41.8 Å². The van der Waals surface area contributed by atoms with E-state index in [0.29, 0.717) is 28.8 Å². The third-order valence-electron chi connectivity index (χ3n) is 4.88. The molecule has 1 aliphatic heterocycles. The monoisotopic (exact) mass is 419 g/mol. The Balaban J connectivity index is 1.94. The molecule has 0 amide bonds. The largest absolute Gasteiger partial charge is 0.378 e. The first-order valence-corrected chi connectivity index (χ1v) is 9.91. The lowest BCUT2D eigenvalue weighted by Gasteiger charge is -2.29. The number of fused-ring (bicyclic) bond motifs is 1. The quantitative estimate of drug-likeness (QED) is 0.383. The van der Waals surface area contributed by atoms with Gasteiger partial charge in [0.2, 0.25) is 0 Å². The van der Waals surface area contributed by atoms with Gasteiger partial charge >= 0.3 is 0 Å². The normalized spacial score (nSPS) is 16.6. The van der Waals surface area contributed by atoms with Crippen LogP contribution in [0.4, 0.5) is 11.4 Å². The van der Waals surface area contributed by atoms with Crippen LogP contribution in [0.15, 0.2) is 48.0 Å². The van der Waals surface area contributed by atoms with Gasteiger partial charge < -0.3 is 5.32 Å². The minimum atomic E-state index is -0.377. The smallest absolute Gasteiger partial charge is 0.294 e. The second-order valence-electron chi connectivity index (χ2n) is 7.29. The molecule has 0 saturated heterocycles. The van der Waals surface area contributed by atoms with Crippen LogP contribution in [0.3, 0.4) is 0 Å². The van der Waals surface area contributed by atoms with E-state index in [1.54, 1.807) is 0 Å². The molecule has 3 rings (SSSR count). The van der Waals surface area contributed by atoms with Crippen molar-refractivity contribution in [2.75, 3.05) is 18.4 Å². The van der Waals surface area contributed by atoms with Gasteiger partial charge in [0.05, 0.1) is 4.92 Å². The minimum absolute atomic E-state index is 0.0248. The second-order valence-corrected chi connectivity index (χ2v) is 8.17. The first-order chi connectivity index (χ1) is 13.3. The van der Waals surface area contributed by atoms with Crippen LogP contribution in [0.25, 0.3) is 0 Å². The average Bonchev–Trinajstić information content (AvgIpc) is 2.80. The van der Waals surface area contributed by atoms with Crippen LogP contribution in [0, 0.1) is 10.1 Å². The highest BCUT2D eigenvalue weighted by Gasteiger charge is 2.28. The molecule has 0 saturated carbocycles. The summed E-state index contributed by atoms with van der Waals surface area (Å²) in [7, 11) is 0. The highest BCUT2D eigenvalue weighted by Crippen LogP contribution is 2.35. The van der Waals surface area contributed by atoms with Crippen molar-refractivity contribution >= 4 is 34.6 Å². The summed E-state index contributed by atoms with van der Waals surface area (Å²) in [5.74, 6) is 0. The van der Waals surface area contributed by atoms with Gasteiger partial charge in [-0.2, -0.15) is 0 Å². The molecule has 7 heteroatoms. The maximum Gasteiger partial charge on any atom is 0.294 e. The summed E-state index contributed by atoms with van der Waals surface area (Å²) in [6.07, 6.45) is 3.00.